The molecule has 0 aliphatic carbocycles. The number of methoxy groups -OCH3 is 1. The Hall–Kier alpha value is -0.890. The molecule has 1 atom stereocenters. The van der Waals surface area contributed by atoms with Crippen LogP contribution in [0.3, 0.4) is 0 Å². The topological polar surface area (TPSA) is 55.4 Å². The molecule has 0 bridgehead atoms. The largest absolute Gasteiger partial charge is 0.495 e. The van der Waals surface area contributed by atoms with Gasteiger partial charge in [-0.3, -0.25) is 0 Å². The van der Waals surface area contributed by atoms with Crippen molar-refractivity contribution < 1.29 is 13.2 Å². The van der Waals surface area contributed by atoms with Crippen molar-refractivity contribution in [1.29, 1.82) is 0 Å². The molecule has 1 aromatic heterocycles. The molecule has 0 amide bonds. The van der Waals surface area contributed by atoms with E-state index in [4.69, 9.17) is 4.74 Å². The van der Waals surface area contributed by atoms with Crippen molar-refractivity contribution in [2.24, 2.45) is 5.41 Å². The fraction of sp³-hybridized carbons (Fsp3) is 0.375. The smallest absolute Gasteiger partial charge is 0.244 e. The maximum Gasteiger partial charge on any atom is 0.244 e. The molecule has 0 aliphatic heterocycles. The molecule has 0 spiro atoms. The summed E-state index contributed by atoms with van der Waals surface area (Å²) < 4.78 is 34.5. The summed E-state index contributed by atoms with van der Waals surface area (Å²) in [5.74, 6) is 0.319. The van der Waals surface area contributed by atoms with E-state index >= 15 is 0 Å². The van der Waals surface area contributed by atoms with Crippen molar-refractivity contribution in [2.45, 2.75) is 31.7 Å². The first kappa shape index (κ1) is 18.4. The standard InChI is InChI=1S/C16H20BrNO3S2/c1-16(2,3)15(13-6-5-9-22-13)18-23(19,20)14-10-11(17)7-8-12(14)21-4/h5-10,15,18H,1-4H3. The zero-order chi connectivity index (χ0) is 17.3. The lowest BCUT2D eigenvalue weighted by Gasteiger charge is -2.30. The van der Waals surface area contributed by atoms with Gasteiger partial charge in [0, 0.05) is 9.35 Å². The van der Waals surface area contributed by atoms with Gasteiger partial charge in [0.2, 0.25) is 10.0 Å². The highest BCUT2D eigenvalue weighted by molar-refractivity contribution is 9.10. The molecule has 126 valence electrons. The Morgan fingerprint density at radius 2 is 1.96 bits per heavy atom. The van der Waals surface area contributed by atoms with Gasteiger partial charge >= 0.3 is 0 Å². The minimum Gasteiger partial charge on any atom is -0.495 e. The van der Waals surface area contributed by atoms with Gasteiger partial charge in [0.1, 0.15) is 10.6 Å². The van der Waals surface area contributed by atoms with E-state index in [2.05, 4.69) is 20.7 Å². The van der Waals surface area contributed by atoms with Crippen LogP contribution < -0.4 is 9.46 Å². The van der Waals surface area contributed by atoms with Crippen LogP contribution in [-0.2, 0) is 10.0 Å². The molecule has 0 saturated heterocycles. The van der Waals surface area contributed by atoms with Crippen LogP contribution >= 0.6 is 27.3 Å². The van der Waals surface area contributed by atoms with Crippen LogP contribution in [0.1, 0.15) is 31.7 Å². The van der Waals surface area contributed by atoms with Crippen molar-refractivity contribution in [1.82, 2.24) is 4.72 Å². The Kier molecular flexibility index (Phi) is 5.56. The first-order chi connectivity index (χ1) is 10.6. The fourth-order valence-electron chi connectivity index (χ4n) is 2.20. The van der Waals surface area contributed by atoms with Crippen molar-refractivity contribution in [3.8, 4) is 5.75 Å². The molecule has 1 aromatic carbocycles. The van der Waals surface area contributed by atoms with Gasteiger partial charge in [0.15, 0.2) is 0 Å². The lowest BCUT2D eigenvalue weighted by atomic mass is 9.86. The van der Waals surface area contributed by atoms with Crippen LogP contribution in [0.5, 0.6) is 5.75 Å². The summed E-state index contributed by atoms with van der Waals surface area (Å²) in [6, 6.07) is 8.48. The number of hydrogen-bond acceptors (Lipinski definition) is 4. The molecule has 1 unspecified atom stereocenters. The van der Waals surface area contributed by atoms with Gasteiger partial charge in [-0.1, -0.05) is 42.8 Å². The number of halogens is 1. The molecule has 0 aliphatic rings. The van der Waals surface area contributed by atoms with Crippen molar-refractivity contribution in [3.63, 3.8) is 0 Å². The molecule has 1 heterocycles. The predicted octanol–water partition coefficient (Wildman–Crippen LogP) is 4.58. The third-order valence-corrected chi connectivity index (χ3v) is 6.26. The summed E-state index contributed by atoms with van der Waals surface area (Å²) in [7, 11) is -2.27. The zero-order valence-electron chi connectivity index (χ0n) is 13.5. The summed E-state index contributed by atoms with van der Waals surface area (Å²) in [6.07, 6.45) is 0. The Balaban J connectivity index is 2.45. The Bertz CT molecular complexity index is 765. The number of sulfonamides is 1. The number of thiophene rings is 1. The first-order valence-electron chi connectivity index (χ1n) is 7.04. The van der Waals surface area contributed by atoms with Gasteiger partial charge in [0.05, 0.1) is 13.2 Å². The number of nitrogens with one attached hydrogen (secondary N) is 1. The maximum absolute atomic E-state index is 12.9. The van der Waals surface area contributed by atoms with E-state index < -0.39 is 10.0 Å². The van der Waals surface area contributed by atoms with Gasteiger partial charge in [-0.2, -0.15) is 0 Å². The Morgan fingerprint density at radius 3 is 2.48 bits per heavy atom. The SMILES string of the molecule is COc1ccc(Br)cc1S(=O)(=O)NC(c1cccs1)C(C)(C)C. The number of rotatable bonds is 5. The van der Waals surface area contributed by atoms with Gasteiger partial charge in [-0.15, -0.1) is 11.3 Å². The first-order valence-corrected chi connectivity index (χ1v) is 10.2. The molecule has 2 aromatic rings. The monoisotopic (exact) mass is 417 g/mol. The van der Waals surface area contributed by atoms with E-state index in [1.807, 2.05) is 38.3 Å². The van der Waals surface area contributed by atoms with Crippen LogP contribution in [0.15, 0.2) is 45.1 Å². The van der Waals surface area contributed by atoms with Gasteiger partial charge < -0.3 is 4.74 Å². The van der Waals surface area contributed by atoms with E-state index in [-0.39, 0.29) is 16.4 Å². The molecule has 1 N–H and O–H groups in total. The predicted molar refractivity (Wildman–Crippen MR) is 97.5 cm³/mol. The third-order valence-electron chi connectivity index (χ3n) is 3.38. The van der Waals surface area contributed by atoms with E-state index in [0.29, 0.717) is 10.2 Å². The van der Waals surface area contributed by atoms with Crippen molar-refractivity contribution in [3.05, 3.63) is 45.1 Å². The van der Waals surface area contributed by atoms with Crippen LogP contribution in [-0.4, -0.2) is 15.5 Å². The minimum atomic E-state index is -3.73. The molecule has 2 rings (SSSR count). The molecule has 0 fully saturated rings. The lowest BCUT2D eigenvalue weighted by Crippen LogP contribution is -2.36. The summed E-state index contributed by atoms with van der Waals surface area (Å²) in [5, 5.41) is 1.95. The molecule has 7 heteroatoms. The minimum absolute atomic E-state index is 0.125. The van der Waals surface area contributed by atoms with E-state index in [9.17, 15) is 8.42 Å². The second-order valence-corrected chi connectivity index (χ2v) is 9.81. The number of hydrogen-bond donors (Lipinski definition) is 1. The average Bonchev–Trinajstić information content (AvgIpc) is 2.97. The van der Waals surface area contributed by atoms with E-state index in [1.54, 1.807) is 18.2 Å². The highest BCUT2D eigenvalue weighted by Gasteiger charge is 2.33. The highest BCUT2D eigenvalue weighted by Crippen LogP contribution is 2.37. The van der Waals surface area contributed by atoms with Gasteiger partial charge in [-0.05, 0) is 35.1 Å². The molecular weight excluding hydrogens is 398 g/mol. The average molecular weight is 418 g/mol. The molecule has 4 nitrogen and oxygen atoms in total. The van der Waals surface area contributed by atoms with Crippen LogP contribution in [0.2, 0.25) is 0 Å². The summed E-state index contributed by atoms with van der Waals surface area (Å²) in [4.78, 5) is 1.11. The quantitative estimate of drug-likeness (QED) is 0.773. The fourth-order valence-corrected chi connectivity index (χ4v) is 5.42. The Labute approximate surface area is 150 Å². The summed E-state index contributed by atoms with van der Waals surface area (Å²) >= 11 is 4.86. The second-order valence-electron chi connectivity index (χ2n) is 6.23. The van der Waals surface area contributed by atoms with Gasteiger partial charge in [-0.25, -0.2) is 13.1 Å². The number of benzene rings is 1. The third kappa shape index (κ3) is 4.35. The van der Waals surface area contributed by atoms with E-state index in [1.165, 1.54) is 18.4 Å². The second kappa shape index (κ2) is 6.93. The highest BCUT2D eigenvalue weighted by atomic mass is 79.9. The number of ether oxygens (including phenoxy) is 1. The van der Waals surface area contributed by atoms with Crippen LogP contribution in [0, 0.1) is 5.41 Å². The van der Waals surface area contributed by atoms with Crippen molar-refractivity contribution >= 4 is 37.3 Å². The molecule has 0 saturated carbocycles. The molecular formula is C16H20BrNO3S2. The summed E-state index contributed by atoms with van der Waals surface area (Å²) in [5.41, 5.74) is -0.267. The zero-order valence-corrected chi connectivity index (χ0v) is 16.7. The Morgan fingerprint density at radius 1 is 1.26 bits per heavy atom. The normalized spacial score (nSPS) is 13.8. The summed E-state index contributed by atoms with van der Waals surface area (Å²) in [6.45, 7) is 6.04. The van der Waals surface area contributed by atoms with E-state index in [0.717, 1.165) is 4.88 Å². The van der Waals surface area contributed by atoms with Gasteiger partial charge in [0.25, 0.3) is 0 Å². The lowest BCUT2D eigenvalue weighted by molar-refractivity contribution is 0.308. The van der Waals surface area contributed by atoms with Crippen molar-refractivity contribution in [2.75, 3.05) is 7.11 Å². The van der Waals surface area contributed by atoms with Crippen LogP contribution in [0.25, 0.3) is 0 Å². The van der Waals surface area contributed by atoms with Crippen LogP contribution in [0.4, 0.5) is 0 Å². The molecule has 23 heavy (non-hydrogen) atoms. The molecule has 0 radical (unpaired) electrons. The maximum atomic E-state index is 12.9.